The van der Waals surface area contributed by atoms with Gasteiger partial charge in [-0.2, -0.15) is 5.10 Å². The molecule has 1 heterocycles. The van der Waals surface area contributed by atoms with Crippen LogP contribution in [-0.4, -0.2) is 26.8 Å². The van der Waals surface area contributed by atoms with E-state index in [0.29, 0.717) is 36.5 Å². The summed E-state index contributed by atoms with van der Waals surface area (Å²) in [4.78, 5) is 25.1. The summed E-state index contributed by atoms with van der Waals surface area (Å²) in [5.41, 5.74) is 2.00. The fourth-order valence-corrected chi connectivity index (χ4v) is 4.90. The van der Waals surface area contributed by atoms with Gasteiger partial charge in [-0.1, -0.05) is 85.3 Å². The monoisotopic (exact) mass is 487 g/mol. The minimum atomic E-state index is -0.773. The van der Waals surface area contributed by atoms with Crippen LogP contribution in [0, 0.1) is 5.41 Å². The standard InChI is InChI=1S/C28H26ClN3O3/c1-2-27(14-6-3-7-15-27)25(33)31-24-22(29)18-30-32(24)23-9-5-4-8-21(23)19-10-12-20(13-11-19)28(16-17-28)26(34)35/h3-14,18H,2,15-17H2,1H3,(H,31,33)(H,34,35). The molecule has 6 nitrogen and oxygen atoms in total. The number of carboxylic acids is 1. The lowest BCUT2D eigenvalue weighted by atomic mass is 9.78. The highest BCUT2D eigenvalue weighted by Crippen LogP contribution is 2.48. The van der Waals surface area contributed by atoms with Crippen molar-refractivity contribution in [2.75, 3.05) is 5.32 Å². The van der Waals surface area contributed by atoms with E-state index in [4.69, 9.17) is 11.6 Å². The Morgan fingerprint density at radius 3 is 2.49 bits per heavy atom. The Kier molecular flexibility index (Phi) is 5.85. The van der Waals surface area contributed by atoms with Crippen molar-refractivity contribution in [3.63, 3.8) is 0 Å². The summed E-state index contributed by atoms with van der Waals surface area (Å²) >= 11 is 6.49. The highest BCUT2D eigenvalue weighted by atomic mass is 35.5. The van der Waals surface area contributed by atoms with Crippen LogP contribution in [0.1, 0.15) is 38.2 Å². The lowest BCUT2D eigenvalue weighted by Gasteiger charge is -2.28. The summed E-state index contributed by atoms with van der Waals surface area (Å²) < 4.78 is 1.65. The van der Waals surface area contributed by atoms with Crippen LogP contribution in [0.5, 0.6) is 0 Å². The molecule has 0 saturated heterocycles. The smallest absolute Gasteiger partial charge is 0.314 e. The van der Waals surface area contributed by atoms with Crippen LogP contribution in [0.4, 0.5) is 5.82 Å². The molecule has 7 heteroatoms. The molecule has 178 valence electrons. The molecule has 1 fully saturated rings. The predicted molar refractivity (Wildman–Crippen MR) is 137 cm³/mol. The Hall–Kier alpha value is -3.64. The Bertz CT molecular complexity index is 1350. The number of amides is 1. The third-order valence-corrected chi connectivity index (χ3v) is 7.50. The van der Waals surface area contributed by atoms with Gasteiger partial charge in [-0.25, -0.2) is 4.68 Å². The molecule has 1 unspecified atom stereocenters. The van der Waals surface area contributed by atoms with E-state index in [0.717, 1.165) is 22.4 Å². The van der Waals surface area contributed by atoms with Crippen LogP contribution < -0.4 is 5.32 Å². The number of carbonyl (C=O) groups excluding carboxylic acids is 1. The van der Waals surface area contributed by atoms with E-state index in [-0.39, 0.29) is 5.91 Å². The second kappa shape index (κ2) is 8.86. The molecule has 1 saturated carbocycles. The number of para-hydroxylation sites is 1. The number of carbonyl (C=O) groups is 2. The Morgan fingerprint density at radius 1 is 1.11 bits per heavy atom. The van der Waals surface area contributed by atoms with Gasteiger partial charge in [-0.15, -0.1) is 0 Å². The third kappa shape index (κ3) is 3.98. The molecular formula is C28H26ClN3O3. The number of aliphatic carboxylic acids is 1. The topological polar surface area (TPSA) is 84.2 Å². The number of nitrogens with one attached hydrogen (secondary N) is 1. The van der Waals surface area contributed by atoms with E-state index in [1.807, 2.05) is 79.8 Å². The first kappa shape index (κ1) is 23.1. The Labute approximate surface area is 208 Å². The fourth-order valence-electron chi connectivity index (χ4n) is 4.73. The molecule has 2 aromatic carbocycles. The van der Waals surface area contributed by atoms with E-state index in [2.05, 4.69) is 10.4 Å². The van der Waals surface area contributed by atoms with Gasteiger partial charge in [0.1, 0.15) is 5.02 Å². The van der Waals surface area contributed by atoms with E-state index in [9.17, 15) is 14.7 Å². The van der Waals surface area contributed by atoms with E-state index in [1.54, 1.807) is 4.68 Å². The molecule has 0 aliphatic heterocycles. The molecule has 0 spiro atoms. The largest absolute Gasteiger partial charge is 0.481 e. The van der Waals surface area contributed by atoms with Crippen LogP contribution >= 0.6 is 11.6 Å². The molecule has 2 N–H and O–H groups in total. The molecule has 0 radical (unpaired) electrons. The van der Waals surface area contributed by atoms with Crippen LogP contribution in [-0.2, 0) is 15.0 Å². The molecule has 2 aliphatic rings. The number of aromatic nitrogens is 2. The third-order valence-electron chi connectivity index (χ3n) is 7.22. The maximum Gasteiger partial charge on any atom is 0.314 e. The fraction of sp³-hybridized carbons (Fsp3) is 0.250. The Balaban J connectivity index is 1.49. The molecule has 0 bridgehead atoms. The number of allylic oxidation sites excluding steroid dienone is 3. The van der Waals surface area contributed by atoms with Crippen LogP contribution in [0.25, 0.3) is 16.8 Å². The summed E-state index contributed by atoms with van der Waals surface area (Å²) in [6.45, 7) is 2.00. The molecule has 5 rings (SSSR count). The molecule has 1 amide bonds. The number of hydrogen-bond acceptors (Lipinski definition) is 3. The van der Waals surface area contributed by atoms with Gasteiger partial charge >= 0.3 is 5.97 Å². The number of rotatable bonds is 7. The van der Waals surface area contributed by atoms with E-state index >= 15 is 0 Å². The van der Waals surface area contributed by atoms with Crippen LogP contribution in [0.15, 0.2) is 79.0 Å². The number of carboxylic acid groups (broad SMARTS) is 1. The summed E-state index contributed by atoms with van der Waals surface area (Å²) in [6.07, 6.45) is 11.9. The zero-order valence-corrected chi connectivity index (χ0v) is 20.1. The summed E-state index contributed by atoms with van der Waals surface area (Å²) in [6, 6.07) is 15.4. The second-order valence-corrected chi connectivity index (χ2v) is 9.60. The minimum Gasteiger partial charge on any atom is -0.481 e. The molecule has 35 heavy (non-hydrogen) atoms. The maximum absolute atomic E-state index is 13.4. The van der Waals surface area contributed by atoms with Crippen molar-refractivity contribution in [3.8, 4) is 16.8 Å². The summed E-state index contributed by atoms with van der Waals surface area (Å²) in [5.74, 6) is -0.487. The number of anilines is 1. The first-order valence-corrected chi connectivity index (χ1v) is 12.1. The van der Waals surface area contributed by atoms with Gasteiger partial charge in [0.15, 0.2) is 5.82 Å². The van der Waals surface area contributed by atoms with Gasteiger partial charge in [0.2, 0.25) is 5.91 Å². The Morgan fingerprint density at radius 2 is 1.86 bits per heavy atom. The number of hydrogen-bond donors (Lipinski definition) is 2. The number of benzene rings is 2. The molecule has 1 aromatic heterocycles. The quantitative estimate of drug-likeness (QED) is 0.418. The minimum absolute atomic E-state index is 0.130. The second-order valence-electron chi connectivity index (χ2n) is 9.19. The normalized spacial score (nSPS) is 19.9. The highest BCUT2D eigenvalue weighted by Gasteiger charge is 2.51. The van der Waals surface area contributed by atoms with Crippen molar-refractivity contribution in [3.05, 3.63) is 89.6 Å². The summed E-state index contributed by atoms with van der Waals surface area (Å²) in [7, 11) is 0. The van der Waals surface area contributed by atoms with Gasteiger partial charge < -0.3 is 10.4 Å². The first-order chi connectivity index (χ1) is 16.9. The number of halogens is 1. The average molecular weight is 488 g/mol. The van der Waals surface area contributed by atoms with E-state index < -0.39 is 16.8 Å². The average Bonchev–Trinajstić information content (AvgIpc) is 3.64. The zero-order chi connectivity index (χ0) is 24.6. The van der Waals surface area contributed by atoms with Crippen LogP contribution in [0.3, 0.4) is 0 Å². The molecule has 1 atom stereocenters. The highest BCUT2D eigenvalue weighted by molar-refractivity contribution is 6.33. The summed E-state index contributed by atoms with van der Waals surface area (Å²) in [5, 5.41) is 17.4. The first-order valence-electron chi connectivity index (χ1n) is 11.7. The van der Waals surface area contributed by atoms with Gasteiger partial charge in [0.05, 0.1) is 22.7 Å². The predicted octanol–water partition coefficient (Wildman–Crippen LogP) is 6.16. The SMILES string of the molecule is CCC1(C(=O)Nc2c(Cl)cnn2-c2ccccc2-c2ccc(C3(C(=O)O)CC3)cc2)C=CC=CC1. The van der Waals surface area contributed by atoms with Gasteiger partial charge in [0, 0.05) is 5.56 Å². The molecule has 3 aromatic rings. The van der Waals surface area contributed by atoms with Crippen molar-refractivity contribution in [2.45, 2.75) is 38.0 Å². The lowest BCUT2D eigenvalue weighted by Crippen LogP contribution is -2.35. The van der Waals surface area contributed by atoms with Crippen molar-refractivity contribution in [1.29, 1.82) is 0 Å². The van der Waals surface area contributed by atoms with Crippen molar-refractivity contribution < 1.29 is 14.7 Å². The molecular weight excluding hydrogens is 462 g/mol. The van der Waals surface area contributed by atoms with Gasteiger partial charge in [0.25, 0.3) is 0 Å². The number of nitrogens with zero attached hydrogens (tertiary/aromatic N) is 2. The van der Waals surface area contributed by atoms with E-state index in [1.165, 1.54) is 6.20 Å². The maximum atomic E-state index is 13.4. The van der Waals surface area contributed by atoms with Crippen LogP contribution in [0.2, 0.25) is 5.02 Å². The lowest BCUT2D eigenvalue weighted by molar-refractivity contribution is -0.140. The van der Waals surface area contributed by atoms with Gasteiger partial charge in [-0.3, -0.25) is 9.59 Å². The zero-order valence-electron chi connectivity index (χ0n) is 19.4. The van der Waals surface area contributed by atoms with Crippen molar-refractivity contribution >= 4 is 29.3 Å². The van der Waals surface area contributed by atoms with Crippen molar-refractivity contribution in [2.24, 2.45) is 5.41 Å². The molecule has 2 aliphatic carbocycles. The van der Waals surface area contributed by atoms with Gasteiger partial charge in [-0.05, 0) is 42.9 Å². The van der Waals surface area contributed by atoms with Crippen molar-refractivity contribution in [1.82, 2.24) is 9.78 Å².